The summed E-state index contributed by atoms with van der Waals surface area (Å²) in [5, 5.41) is 10.9. The molecule has 0 fully saturated rings. The van der Waals surface area contributed by atoms with E-state index in [1.807, 2.05) is 24.5 Å². The molecule has 0 spiro atoms. The molecule has 0 aromatic heterocycles. The number of hydrogen-bond donors (Lipinski definition) is 0. The summed E-state index contributed by atoms with van der Waals surface area (Å²) in [5.41, 5.74) is 0.707. The average molecular weight is 364 g/mol. The fraction of sp³-hybridized carbons (Fsp3) is 0.118. The van der Waals surface area contributed by atoms with Gasteiger partial charge in [-0.1, -0.05) is 23.7 Å². The number of hydrogen-bond acceptors (Lipinski definition) is 5. The van der Waals surface area contributed by atoms with Crippen LogP contribution in [0, 0.1) is 10.1 Å². The number of nitro groups is 1. The van der Waals surface area contributed by atoms with Gasteiger partial charge in [-0.2, -0.15) is 0 Å². The van der Waals surface area contributed by atoms with E-state index in [9.17, 15) is 14.9 Å². The first-order valence-corrected chi connectivity index (χ1v) is 8.45. The Kier molecular flexibility index (Phi) is 6.00. The minimum Gasteiger partial charge on any atom is -0.496 e. The van der Waals surface area contributed by atoms with Gasteiger partial charge in [0.2, 0.25) is 0 Å². The lowest BCUT2D eigenvalue weighted by molar-refractivity contribution is -0.384. The van der Waals surface area contributed by atoms with Crippen LogP contribution in [-0.4, -0.2) is 24.1 Å². The van der Waals surface area contributed by atoms with Crippen LogP contribution in [0.1, 0.15) is 15.9 Å². The van der Waals surface area contributed by atoms with Gasteiger partial charge < -0.3 is 4.74 Å². The molecular formula is C17H14ClNO4S. The van der Waals surface area contributed by atoms with Gasteiger partial charge in [0.1, 0.15) is 10.8 Å². The highest BCUT2D eigenvalue weighted by Crippen LogP contribution is 2.29. The standard InChI is InChI=1S/C17H14ClNO4S/c1-23-16-9-11(4-8-17(16)24-2)3-7-15(20)12-5-6-13(18)14(10-12)19(21)22/h3-10H,1-2H3. The molecule has 0 N–H and O–H groups in total. The van der Waals surface area contributed by atoms with Gasteiger partial charge in [0, 0.05) is 16.5 Å². The van der Waals surface area contributed by atoms with E-state index >= 15 is 0 Å². The fourth-order valence-electron chi connectivity index (χ4n) is 2.03. The number of benzene rings is 2. The predicted octanol–water partition coefficient (Wildman–Crippen LogP) is 4.87. The molecule has 0 amide bonds. The highest BCUT2D eigenvalue weighted by molar-refractivity contribution is 7.98. The molecule has 2 aromatic carbocycles. The zero-order chi connectivity index (χ0) is 17.7. The first-order valence-electron chi connectivity index (χ1n) is 6.84. The number of halogens is 1. The lowest BCUT2D eigenvalue weighted by Crippen LogP contribution is -1.97. The Morgan fingerprint density at radius 3 is 2.67 bits per heavy atom. The summed E-state index contributed by atoms with van der Waals surface area (Å²) in [7, 11) is 1.58. The number of allylic oxidation sites excluding steroid dienone is 1. The molecule has 2 aromatic rings. The molecule has 2 rings (SSSR count). The maximum absolute atomic E-state index is 12.2. The van der Waals surface area contributed by atoms with E-state index in [-0.39, 0.29) is 22.1 Å². The molecule has 0 radical (unpaired) electrons. The van der Waals surface area contributed by atoms with E-state index in [1.165, 1.54) is 24.3 Å². The number of carbonyl (C=O) groups is 1. The van der Waals surface area contributed by atoms with Crippen LogP contribution in [0.4, 0.5) is 5.69 Å². The Labute approximate surface area is 148 Å². The number of ether oxygens (including phenoxy) is 1. The number of nitro benzene ring substituents is 1. The van der Waals surface area contributed by atoms with Crippen molar-refractivity contribution in [1.29, 1.82) is 0 Å². The van der Waals surface area contributed by atoms with Crippen LogP contribution in [0.3, 0.4) is 0 Å². The summed E-state index contributed by atoms with van der Waals surface area (Å²) in [6, 6.07) is 9.56. The van der Waals surface area contributed by atoms with Crippen LogP contribution in [0.2, 0.25) is 5.02 Å². The van der Waals surface area contributed by atoms with E-state index in [0.717, 1.165) is 16.2 Å². The van der Waals surface area contributed by atoms with Gasteiger partial charge in [0.05, 0.1) is 12.0 Å². The van der Waals surface area contributed by atoms with Crippen LogP contribution in [0.15, 0.2) is 47.4 Å². The molecule has 0 bridgehead atoms. The summed E-state index contributed by atoms with van der Waals surface area (Å²) in [6.07, 6.45) is 4.94. The highest BCUT2D eigenvalue weighted by atomic mass is 35.5. The molecule has 24 heavy (non-hydrogen) atoms. The van der Waals surface area contributed by atoms with Crippen LogP contribution in [0.5, 0.6) is 5.75 Å². The van der Waals surface area contributed by atoms with Crippen molar-refractivity contribution in [3.05, 3.63) is 68.7 Å². The number of ketones is 1. The minimum atomic E-state index is -0.616. The van der Waals surface area contributed by atoms with E-state index < -0.39 is 4.92 Å². The van der Waals surface area contributed by atoms with Crippen molar-refractivity contribution < 1.29 is 14.5 Å². The van der Waals surface area contributed by atoms with Gasteiger partial charge in [-0.3, -0.25) is 14.9 Å². The van der Waals surface area contributed by atoms with Crippen molar-refractivity contribution >= 4 is 40.9 Å². The van der Waals surface area contributed by atoms with E-state index in [1.54, 1.807) is 24.9 Å². The molecule has 0 aliphatic rings. The topological polar surface area (TPSA) is 69.4 Å². The first kappa shape index (κ1) is 18.0. The normalized spacial score (nSPS) is 10.8. The van der Waals surface area contributed by atoms with Crippen molar-refractivity contribution in [1.82, 2.24) is 0 Å². The molecular weight excluding hydrogens is 350 g/mol. The van der Waals surface area contributed by atoms with Crippen molar-refractivity contribution in [3.8, 4) is 5.75 Å². The maximum Gasteiger partial charge on any atom is 0.288 e. The zero-order valence-electron chi connectivity index (χ0n) is 13.0. The molecule has 124 valence electrons. The third-order valence-corrected chi connectivity index (χ3v) is 4.36. The van der Waals surface area contributed by atoms with Crippen molar-refractivity contribution in [3.63, 3.8) is 0 Å². The first-order chi connectivity index (χ1) is 11.5. The SMILES string of the molecule is COc1cc(C=CC(=O)c2ccc(Cl)c([N+](=O)[O-])c2)ccc1SC. The smallest absolute Gasteiger partial charge is 0.288 e. The number of methoxy groups -OCH3 is 1. The van der Waals surface area contributed by atoms with Gasteiger partial charge in [-0.05, 0) is 42.2 Å². The molecule has 0 unspecified atom stereocenters. The number of rotatable bonds is 6. The molecule has 7 heteroatoms. The summed E-state index contributed by atoms with van der Waals surface area (Å²) >= 11 is 7.31. The second kappa shape index (κ2) is 7.99. The average Bonchev–Trinajstić information content (AvgIpc) is 2.59. The van der Waals surface area contributed by atoms with Crippen LogP contribution in [-0.2, 0) is 0 Å². The Balaban J connectivity index is 2.25. The Morgan fingerprint density at radius 2 is 2.04 bits per heavy atom. The Hall–Kier alpha value is -2.31. The maximum atomic E-state index is 12.2. The van der Waals surface area contributed by atoms with E-state index in [4.69, 9.17) is 16.3 Å². The van der Waals surface area contributed by atoms with Crippen LogP contribution >= 0.6 is 23.4 Å². The number of thioether (sulfide) groups is 1. The van der Waals surface area contributed by atoms with Gasteiger partial charge in [0.25, 0.3) is 5.69 Å². The summed E-state index contributed by atoms with van der Waals surface area (Å²) in [6.45, 7) is 0. The van der Waals surface area contributed by atoms with E-state index in [2.05, 4.69) is 0 Å². The number of nitrogens with zero attached hydrogens (tertiary/aromatic N) is 1. The summed E-state index contributed by atoms with van der Waals surface area (Å²) in [4.78, 5) is 23.5. The van der Waals surface area contributed by atoms with Gasteiger partial charge in [-0.25, -0.2) is 0 Å². The second-order valence-corrected chi connectivity index (χ2v) is 5.99. The Morgan fingerprint density at radius 1 is 1.29 bits per heavy atom. The minimum absolute atomic E-state index is 0.00193. The van der Waals surface area contributed by atoms with E-state index in [0.29, 0.717) is 0 Å². The van der Waals surface area contributed by atoms with Crippen LogP contribution in [0.25, 0.3) is 6.08 Å². The summed E-state index contributed by atoms with van der Waals surface area (Å²) in [5.74, 6) is 0.377. The largest absolute Gasteiger partial charge is 0.496 e. The van der Waals surface area contributed by atoms with Gasteiger partial charge in [-0.15, -0.1) is 11.8 Å². The van der Waals surface area contributed by atoms with Crippen molar-refractivity contribution in [2.75, 3.05) is 13.4 Å². The Bertz CT molecular complexity index is 820. The van der Waals surface area contributed by atoms with Crippen LogP contribution < -0.4 is 4.74 Å². The lowest BCUT2D eigenvalue weighted by Gasteiger charge is -2.06. The fourth-order valence-corrected chi connectivity index (χ4v) is 2.76. The lowest BCUT2D eigenvalue weighted by atomic mass is 10.1. The third kappa shape index (κ3) is 4.15. The summed E-state index contributed by atoms with van der Waals surface area (Å²) < 4.78 is 5.29. The molecule has 0 saturated carbocycles. The van der Waals surface area contributed by atoms with Crippen molar-refractivity contribution in [2.24, 2.45) is 0 Å². The van der Waals surface area contributed by atoms with Gasteiger partial charge >= 0.3 is 0 Å². The molecule has 0 aliphatic carbocycles. The predicted molar refractivity (Wildman–Crippen MR) is 96.2 cm³/mol. The second-order valence-electron chi connectivity index (χ2n) is 4.74. The van der Waals surface area contributed by atoms with Crippen molar-refractivity contribution in [2.45, 2.75) is 4.90 Å². The number of carbonyl (C=O) groups excluding carboxylic acids is 1. The molecule has 5 nitrogen and oxygen atoms in total. The molecule has 0 saturated heterocycles. The quantitative estimate of drug-likeness (QED) is 0.240. The molecule has 0 aliphatic heterocycles. The molecule has 0 atom stereocenters. The highest BCUT2D eigenvalue weighted by Gasteiger charge is 2.15. The third-order valence-electron chi connectivity index (χ3n) is 3.26. The molecule has 0 heterocycles. The van der Waals surface area contributed by atoms with Gasteiger partial charge in [0.15, 0.2) is 5.78 Å². The zero-order valence-corrected chi connectivity index (χ0v) is 14.6. The monoisotopic (exact) mass is 363 g/mol.